The number of amides is 1. The van der Waals surface area contributed by atoms with Crippen molar-refractivity contribution in [2.75, 3.05) is 36.6 Å². The summed E-state index contributed by atoms with van der Waals surface area (Å²) in [6, 6.07) is 10.7. The first-order chi connectivity index (χ1) is 13.3. The molecule has 0 bridgehead atoms. The molecule has 3 rings (SSSR count). The minimum absolute atomic E-state index is 0.164. The average Bonchev–Trinajstić information content (AvgIpc) is 2.66. The lowest BCUT2D eigenvalue weighted by atomic mass is 10.0. The Morgan fingerprint density at radius 2 is 1.86 bits per heavy atom. The molecule has 1 amide bonds. The number of ether oxygens (including phenoxy) is 2. The molecule has 7 nitrogen and oxygen atoms in total. The number of nitrogens with zero attached hydrogens (tertiary/aromatic N) is 1. The Labute approximate surface area is 165 Å². The second kappa shape index (κ2) is 8.10. The van der Waals surface area contributed by atoms with Crippen LogP contribution in [0, 0.1) is 0 Å². The van der Waals surface area contributed by atoms with Crippen molar-refractivity contribution < 1.29 is 22.7 Å². The van der Waals surface area contributed by atoms with E-state index in [-0.39, 0.29) is 12.3 Å². The van der Waals surface area contributed by atoms with E-state index >= 15 is 0 Å². The Bertz CT molecular complexity index is 988. The SMILES string of the molecule is COc1ccc(CC(=O)Nc2ccc3c(c2)CCCN3S(C)(=O)=O)cc1OC. The molecule has 1 aliphatic heterocycles. The van der Waals surface area contributed by atoms with Crippen LogP contribution in [-0.2, 0) is 27.7 Å². The fraction of sp³-hybridized carbons (Fsp3) is 0.350. The van der Waals surface area contributed by atoms with Crippen molar-refractivity contribution in [1.82, 2.24) is 0 Å². The molecule has 0 radical (unpaired) electrons. The van der Waals surface area contributed by atoms with Gasteiger partial charge in [-0.05, 0) is 54.3 Å². The summed E-state index contributed by atoms with van der Waals surface area (Å²) < 4.78 is 35.8. The third kappa shape index (κ3) is 4.39. The molecule has 0 fully saturated rings. The molecule has 0 aromatic heterocycles. The molecule has 0 spiro atoms. The zero-order valence-electron chi connectivity index (χ0n) is 16.2. The van der Waals surface area contributed by atoms with Crippen LogP contribution in [0.5, 0.6) is 11.5 Å². The van der Waals surface area contributed by atoms with Crippen molar-refractivity contribution in [1.29, 1.82) is 0 Å². The monoisotopic (exact) mass is 404 g/mol. The average molecular weight is 404 g/mol. The number of anilines is 2. The van der Waals surface area contributed by atoms with Crippen LogP contribution >= 0.6 is 0 Å². The van der Waals surface area contributed by atoms with E-state index in [0.717, 1.165) is 24.0 Å². The molecule has 28 heavy (non-hydrogen) atoms. The van der Waals surface area contributed by atoms with E-state index in [1.165, 1.54) is 10.6 Å². The summed E-state index contributed by atoms with van der Waals surface area (Å²) in [6.07, 6.45) is 2.93. The van der Waals surface area contributed by atoms with E-state index in [9.17, 15) is 13.2 Å². The first kappa shape index (κ1) is 20.0. The van der Waals surface area contributed by atoms with Gasteiger partial charge in [0.2, 0.25) is 15.9 Å². The Balaban J connectivity index is 1.73. The third-order valence-corrected chi connectivity index (χ3v) is 5.83. The molecule has 0 saturated heterocycles. The molecule has 2 aromatic carbocycles. The number of aryl methyl sites for hydroxylation is 1. The van der Waals surface area contributed by atoms with Gasteiger partial charge in [-0.1, -0.05) is 6.07 Å². The summed E-state index contributed by atoms with van der Waals surface area (Å²) in [5.74, 6) is 1.02. The van der Waals surface area contributed by atoms with Crippen molar-refractivity contribution in [3.8, 4) is 11.5 Å². The number of benzene rings is 2. The fourth-order valence-electron chi connectivity index (χ4n) is 3.37. The summed E-state index contributed by atoms with van der Waals surface area (Å²) in [6.45, 7) is 0.483. The maximum absolute atomic E-state index is 12.4. The summed E-state index contributed by atoms with van der Waals surface area (Å²) in [5.41, 5.74) is 3.06. The van der Waals surface area contributed by atoms with Gasteiger partial charge in [0.25, 0.3) is 0 Å². The van der Waals surface area contributed by atoms with Crippen LogP contribution in [0.3, 0.4) is 0 Å². The smallest absolute Gasteiger partial charge is 0.232 e. The van der Waals surface area contributed by atoms with Gasteiger partial charge < -0.3 is 14.8 Å². The standard InChI is InChI=1S/C20H24N2O5S/c1-26-18-9-6-14(11-19(18)27-2)12-20(23)21-16-7-8-17-15(13-16)5-4-10-22(17)28(3,24)25/h6-9,11,13H,4-5,10,12H2,1-3H3,(H,21,23). The largest absolute Gasteiger partial charge is 0.493 e. The predicted molar refractivity (Wildman–Crippen MR) is 109 cm³/mol. The highest BCUT2D eigenvalue weighted by Crippen LogP contribution is 2.31. The number of rotatable bonds is 6. The zero-order valence-corrected chi connectivity index (χ0v) is 17.0. The van der Waals surface area contributed by atoms with Gasteiger partial charge in [0.15, 0.2) is 11.5 Å². The van der Waals surface area contributed by atoms with Crippen LogP contribution < -0.4 is 19.1 Å². The van der Waals surface area contributed by atoms with Crippen molar-refractivity contribution in [3.05, 3.63) is 47.5 Å². The number of methoxy groups -OCH3 is 2. The minimum Gasteiger partial charge on any atom is -0.493 e. The normalized spacial score (nSPS) is 13.6. The molecule has 1 aliphatic rings. The first-order valence-corrected chi connectivity index (χ1v) is 10.8. The van der Waals surface area contributed by atoms with E-state index < -0.39 is 10.0 Å². The number of carbonyl (C=O) groups is 1. The van der Waals surface area contributed by atoms with Crippen LogP contribution in [0.1, 0.15) is 17.5 Å². The molecule has 0 aliphatic carbocycles. The van der Waals surface area contributed by atoms with Crippen LogP contribution in [0.2, 0.25) is 0 Å². The molecule has 0 atom stereocenters. The Morgan fingerprint density at radius 3 is 2.54 bits per heavy atom. The topological polar surface area (TPSA) is 84.9 Å². The van der Waals surface area contributed by atoms with Crippen LogP contribution in [-0.4, -0.2) is 41.3 Å². The molecular formula is C20H24N2O5S. The second-order valence-electron chi connectivity index (χ2n) is 6.70. The van der Waals surface area contributed by atoms with Gasteiger partial charge in [0.05, 0.1) is 32.6 Å². The summed E-state index contributed by atoms with van der Waals surface area (Å²) >= 11 is 0. The van der Waals surface area contributed by atoms with Crippen molar-refractivity contribution in [2.45, 2.75) is 19.3 Å². The number of sulfonamides is 1. The van der Waals surface area contributed by atoms with Gasteiger partial charge >= 0.3 is 0 Å². The molecule has 1 N–H and O–H groups in total. The van der Waals surface area contributed by atoms with Gasteiger partial charge in [-0.2, -0.15) is 0 Å². The number of carbonyl (C=O) groups excluding carboxylic acids is 1. The lowest BCUT2D eigenvalue weighted by Gasteiger charge is -2.29. The maximum atomic E-state index is 12.4. The van der Waals surface area contributed by atoms with Gasteiger partial charge in [-0.15, -0.1) is 0 Å². The molecule has 2 aromatic rings. The zero-order chi connectivity index (χ0) is 20.3. The van der Waals surface area contributed by atoms with E-state index in [4.69, 9.17) is 9.47 Å². The van der Waals surface area contributed by atoms with Crippen LogP contribution in [0.4, 0.5) is 11.4 Å². The van der Waals surface area contributed by atoms with Gasteiger partial charge in [-0.25, -0.2) is 8.42 Å². The van der Waals surface area contributed by atoms with Crippen LogP contribution in [0.15, 0.2) is 36.4 Å². The Kier molecular flexibility index (Phi) is 5.79. The molecular weight excluding hydrogens is 380 g/mol. The molecule has 0 unspecified atom stereocenters. The van der Waals surface area contributed by atoms with Crippen molar-refractivity contribution in [2.24, 2.45) is 0 Å². The lowest BCUT2D eigenvalue weighted by Crippen LogP contribution is -2.34. The number of hydrogen-bond acceptors (Lipinski definition) is 5. The van der Waals surface area contributed by atoms with Gasteiger partial charge in [0.1, 0.15) is 0 Å². The van der Waals surface area contributed by atoms with E-state index in [1.54, 1.807) is 38.5 Å². The Morgan fingerprint density at radius 1 is 1.11 bits per heavy atom. The van der Waals surface area contributed by atoms with Crippen molar-refractivity contribution in [3.63, 3.8) is 0 Å². The molecule has 1 heterocycles. The summed E-state index contributed by atoms with van der Waals surface area (Å²) in [4.78, 5) is 12.4. The van der Waals surface area contributed by atoms with E-state index in [0.29, 0.717) is 29.4 Å². The first-order valence-electron chi connectivity index (χ1n) is 8.93. The van der Waals surface area contributed by atoms with E-state index in [1.807, 2.05) is 12.1 Å². The molecule has 8 heteroatoms. The predicted octanol–water partition coefficient (Wildman–Crippen LogP) is 2.60. The van der Waals surface area contributed by atoms with Crippen LogP contribution in [0.25, 0.3) is 0 Å². The van der Waals surface area contributed by atoms with Crippen molar-refractivity contribution >= 4 is 27.3 Å². The lowest BCUT2D eigenvalue weighted by molar-refractivity contribution is -0.115. The van der Waals surface area contributed by atoms with Gasteiger partial charge in [0, 0.05) is 12.2 Å². The molecule has 150 valence electrons. The highest BCUT2D eigenvalue weighted by atomic mass is 32.2. The third-order valence-electron chi connectivity index (χ3n) is 4.65. The quantitative estimate of drug-likeness (QED) is 0.800. The number of nitrogens with one attached hydrogen (secondary N) is 1. The maximum Gasteiger partial charge on any atom is 0.232 e. The fourth-order valence-corrected chi connectivity index (χ4v) is 4.36. The second-order valence-corrected chi connectivity index (χ2v) is 8.60. The highest BCUT2D eigenvalue weighted by Gasteiger charge is 2.24. The van der Waals surface area contributed by atoms with Gasteiger partial charge in [-0.3, -0.25) is 9.10 Å². The van der Waals surface area contributed by atoms with E-state index in [2.05, 4.69) is 5.32 Å². The minimum atomic E-state index is -3.30. The summed E-state index contributed by atoms with van der Waals surface area (Å²) in [7, 11) is -0.193. The Hall–Kier alpha value is -2.74. The number of hydrogen-bond donors (Lipinski definition) is 1. The number of fused-ring (bicyclic) bond motifs is 1. The summed E-state index contributed by atoms with van der Waals surface area (Å²) in [5, 5.41) is 2.88. The molecule has 0 saturated carbocycles. The highest BCUT2D eigenvalue weighted by molar-refractivity contribution is 7.92.